The van der Waals surface area contributed by atoms with Gasteiger partial charge < -0.3 is 18.9 Å². The highest BCUT2D eigenvalue weighted by atomic mass is 32.2. The van der Waals surface area contributed by atoms with E-state index in [0.717, 1.165) is 17.5 Å². The molecule has 1 saturated heterocycles. The highest BCUT2D eigenvalue weighted by molar-refractivity contribution is 8.26. The predicted octanol–water partition coefficient (Wildman–Crippen LogP) is 5.11. The van der Waals surface area contributed by atoms with E-state index in [-0.39, 0.29) is 5.91 Å². The van der Waals surface area contributed by atoms with Gasteiger partial charge in [0.2, 0.25) is 0 Å². The smallest absolute Gasteiger partial charge is 0.265 e. The minimum absolute atomic E-state index is 0.103. The van der Waals surface area contributed by atoms with Gasteiger partial charge >= 0.3 is 0 Å². The summed E-state index contributed by atoms with van der Waals surface area (Å²) in [6, 6.07) is 11.4. The number of thiocarbonyl (C=S) groups is 1. The van der Waals surface area contributed by atoms with Crippen LogP contribution in [0.15, 0.2) is 54.0 Å². The number of ether oxygens (including phenoxy) is 4. The molecular weight excluding hydrogens is 458 g/mol. The van der Waals surface area contributed by atoms with Crippen molar-refractivity contribution in [3.05, 3.63) is 65.1 Å². The van der Waals surface area contributed by atoms with Crippen molar-refractivity contribution in [2.45, 2.75) is 13.3 Å². The van der Waals surface area contributed by atoms with Gasteiger partial charge in [0, 0.05) is 7.05 Å². The Balaban J connectivity index is 1.64. The first kappa shape index (κ1) is 24.7. The maximum absolute atomic E-state index is 12.3. The summed E-state index contributed by atoms with van der Waals surface area (Å²) in [6.45, 7) is 6.81. The molecule has 3 rings (SSSR count). The number of hydrogen-bond acceptors (Lipinski definition) is 7. The molecule has 0 radical (unpaired) electrons. The summed E-state index contributed by atoms with van der Waals surface area (Å²) in [5, 5.41) is 0. The van der Waals surface area contributed by atoms with Crippen LogP contribution in [0.1, 0.15) is 18.1 Å². The minimum Gasteiger partial charge on any atom is -0.493 e. The molecule has 0 bridgehead atoms. The lowest BCUT2D eigenvalue weighted by Crippen LogP contribution is -2.22. The highest BCUT2D eigenvalue weighted by Crippen LogP contribution is 2.34. The number of carbonyl (C=O) groups excluding carboxylic acids is 1. The fourth-order valence-electron chi connectivity index (χ4n) is 3.13. The molecule has 0 unspecified atom stereocenters. The van der Waals surface area contributed by atoms with Crippen LogP contribution >= 0.6 is 24.0 Å². The lowest BCUT2D eigenvalue weighted by Gasteiger charge is -2.14. The Labute approximate surface area is 204 Å². The number of methoxy groups -OCH3 is 1. The van der Waals surface area contributed by atoms with Gasteiger partial charge in [0.1, 0.15) is 17.5 Å². The van der Waals surface area contributed by atoms with E-state index in [1.54, 1.807) is 20.2 Å². The van der Waals surface area contributed by atoms with Gasteiger partial charge in [0.05, 0.1) is 18.6 Å². The molecule has 2 aromatic rings. The van der Waals surface area contributed by atoms with Gasteiger partial charge in [-0.15, -0.1) is 6.58 Å². The summed E-state index contributed by atoms with van der Waals surface area (Å²) in [6.07, 6.45) is 4.42. The number of allylic oxidation sites excluding steroid dienone is 1. The topological polar surface area (TPSA) is 57.2 Å². The van der Waals surface area contributed by atoms with E-state index < -0.39 is 0 Å². The SMILES string of the molecule is C=CCc1ccc(OCCOc2ccc(/C=C3\SC(=S)N(C)C3=O)cc2OCC)c(OC)c1. The molecule has 1 amide bonds. The Bertz CT molecular complexity index is 1070. The van der Waals surface area contributed by atoms with E-state index in [4.69, 9.17) is 31.2 Å². The molecule has 8 heteroatoms. The molecule has 33 heavy (non-hydrogen) atoms. The van der Waals surface area contributed by atoms with Crippen molar-refractivity contribution in [2.24, 2.45) is 0 Å². The Kier molecular flexibility index (Phi) is 8.79. The molecule has 1 aliphatic rings. The molecule has 0 N–H and O–H groups in total. The highest BCUT2D eigenvalue weighted by Gasteiger charge is 2.28. The molecule has 6 nitrogen and oxygen atoms in total. The van der Waals surface area contributed by atoms with Crippen LogP contribution in [-0.2, 0) is 11.2 Å². The summed E-state index contributed by atoms with van der Waals surface area (Å²) >= 11 is 6.47. The molecule has 1 heterocycles. The third-order valence-electron chi connectivity index (χ3n) is 4.76. The van der Waals surface area contributed by atoms with Crippen molar-refractivity contribution < 1.29 is 23.7 Å². The van der Waals surface area contributed by atoms with E-state index in [2.05, 4.69) is 6.58 Å². The van der Waals surface area contributed by atoms with Crippen LogP contribution in [0.3, 0.4) is 0 Å². The Morgan fingerprint density at radius 3 is 2.33 bits per heavy atom. The van der Waals surface area contributed by atoms with E-state index >= 15 is 0 Å². The average Bonchev–Trinajstić information content (AvgIpc) is 3.05. The zero-order valence-electron chi connectivity index (χ0n) is 19.0. The number of carbonyl (C=O) groups is 1. The van der Waals surface area contributed by atoms with Gasteiger partial charge in [-0.3, -0.25) is 9.69 Å². The van der Waals surface area contributed by atoms with Crippen molar-refractivity contribution in [1.82, 2.24) is 4.90 Å². The first-order chi connectivity index (χ1) is 16.0. The number of rotatable bonds is 11. The first-order valence-electron chi connectivity index (χ1n) is 10.5. The van der Waals surface area contributed by atoms with Crippen molar-refractivity contribution in [3.8, 4) is 23.0 Å². The molecule has 0 spiro atoms. The number of thioether (sulfide) groups is 1. The predicted molar refractivity (Wildman–Crippen MR) is 136 cm³/mol. The second-order valence-corrected chi connectivity index (χ2v) is 8.73. The summed E-state index contributed by atoms with van der Waals surface area (Å²) in [4.78, 5) is 14.3. The van der Waals surface area contributed by atoms with Crippen molar-refractivity contribution in [3.63, 3.8) is 0 Å². The molecule has 174 valence electrons. The summed E-state index contributed by atoms with van der Waals surface area (Å²) < 4.78 is 23.5. The van der Waals surface area contributed by atoms with Crippen LogP contribution in [-0.4, -0.2) is 49.1 Å². The van der Waals surface area contributed by atoms with Crippen molar-refractivity contribution in [2.75, 3.05) is 34.0 Å². The normalized spacial score (nSPS) is 14.5. The maximum Gasteiger partial charge on any atom is 0.265 e. The number of nitrogens with zero attached hydrogens (tertiary/aromatic N) is 1. The Morgan fingerprint density at radius 1 is 1.03 bits per heavy atom. The maximum atomic E-state index is 12.3. The zero-order chi connectivity index (χ0) is 23.8. The minimum atomic E-state index is -0.103. The van der Waals surface area contributed by atoms with Gasteiger partial charge in [-0.25, -0.2) is 0 Å². The summed E-state index contributed by atoms with van der Waals surface area (Å²) in [5.74, 6) is 2.43. The third-order valence-corrected chi connectivity index (χ3v) is 6.24. The molecule has 0 saturated carbocycles. The number of hydrogen-bond donors (Lipinski definition) is 0. The number of likely N-dealkylation sites (N-methyl/N-ethyl adjacent to an activating group) is 1. The third kappa shape index (κ3) is 6.30. The van der Waals surface area contributed by atoms with Gasteiger partial charge in [0.15, 0.2) is 23.0 Å². The van der Waals surface area contributed by atoms with E-state index in [9.17, 15) is 4.79 Å². The van der Waals surface area contributed by atoms with Gasteiger partial charge in [0.25, 0.3) is 5.91 Å². The quantitative estimate of drug-likeness (QED) is 0.190. The van der Waals surface area contributed by atoms with Gasteiger partial charge in [-0.05, 0) is 54.8 Å². The van der Waals surface area contributed by atoms with Crippen molar-refractivity contribution in [1.29, 1.82) is 0 Å². The van der Waals surface area contributed by atoms with Crippen LogP contribution in [0.2, 0.25) is 0 Å². The molecule has 1 aliphatic heterocycles. The first-order valence-corrected chi connectivity index (χ1v) is 11.7. The van der Waals surface area contributed by atoms with Crippen molar-refractivity contribution >= 4 is 40.3 Å². The zero-order valence-corrected chi connectivity index (χ0v) is 20.6. The molecule has 0 aromatic heterocycles. The fourth-order valence-corrected chi connectivity index (χ4v) is 4.31. The fraction of sp³-hybridized carbons (Fsp3) is 0.280. The van der Waals surface area contributed by atoms with E-state index in [1.165, 1.54) is 16.7 Å². The molecule has 1 fully saturated rings. The Hall–Kier alpha value is -2.97. The molecule has 2 aromatic carbocycles. The van der Waals surface area contributed by atoms with Crippen LogP contribution in [0.4, 0.5) is 0 Å². The van der Waals surface area contributed by atoms with E-state index in [0.29, 0.717) is 52.0 Å². The van der Waals surface area contributed by atoms with E-state index in [1.807, 2.05) is 49.4 Å². The van der Waals surface area contributed by atoms with Crippen LogP contribution in [0.5, 0.6) is 23.0 Å². The van der Waals surface area contributed by atoms with Crippen LogP contribution in [0, 0.1) is 0 Å². The number of benzene rings is 2. The molecular formula is C25H27NO5S2. The lowest BCUT2D eigenvalue weighted by atomic mass is 10.1. The molecule has 0 atom stereocenters. The molecule has 0 aliphatic carbocycles. The van der Waals surface area contributed by atoms with Crippen LogP contribution in [0.25, 0.3) is 6.08 Å². The van der Waals surface area contributed by atoms with Gasteiger partial charge in [-0.2, -0.15) is 0 Å². The summed E-state index contributed by atoms with van der Waals surface area (Å²) in [5.41, 5.74) is 1.94. The average molecular weight is 486 g/mol. The second kappa shape index (κ2) is 11.8. The van der Waals surface area contributed by atoms with Gasteiger partial charge in [-0.1, -0.05) is 42.2 Å². The largest absolute Gasteiger partial charge is 0.493 e. The lowest BCUT2D eigenvalue weighted by molar-refractivity contribution is -0.121. The second-order valence-electron chi connectivity index (χ2n) is 7.05. The summed E-state index contributed by atoms with van der Waals surface area (Å²) in [7, 11) is 3.29. The standard InChI is InChI=1S/C25H27NO5S2/c1-5-7-17-8-10-19(21(14-17)28-4)30-12-13-31-20-11-9-18(15-22(20)29-6-2)16-23-24(27)26(3)25(32)33-23/h5,8-11,14-16H,1,6-7,12-13H2,2-4H3/b23-16-. The number of amides is 1. The Morgan fingerprint density at radius 2 is 1.73 bits per heavy atom. The van der Waals surface area contributed by atoms with Crippen LogP contribution < -0.4 is 18.9 Å². The monoisotopic (exact) mass is 485 g/mol.